The molecule has 1 aliphatic heterocycles. The predicted octanol–water partition coefficient (Wildman–Crippen LogP) is 1.96. The smallest absolute Gasteiger partial charge is 0.0644 e. The summed E-state index contributed by atoms with van der Waals surface area (Å²) in [5.41, 5.74) is 4.32. The van der Waals surface area contributed by atoms with E-state index in [1.807, 2.05) is 11.8 Å². The predicted molar refractivity (Wildman–Crippen MR) is 72.0 cm³/mol. The molecular formula is C13H20N2OS. The lowest BCUT2D eigenvalue weighted by Crippen LogP contribution is -2.45. The zero-order valence-corrected chi connectivity index (χ0v) is 11.0. The van der Waals surface area contributed by atoms with Crippen LogP contribution in [0.15, 0.2) is 29.2 Å². The molecule has 1 aliphatic rings. The molecule has 2 atom stereocenters. The second-order valence-corrected chi connectivity index (χ2v) is 5.60. The third-order valence-corrected chi connectivity index (χ3v) is 4.43. The molecule has 0 fully saturated rings. The summed E-state index contributed by atoms with van der Waals surface area (Å²) in [5, 5.41) is 0.481. The van der Waals surface area contributed by atoms with E-state index in [1.165, 1.54) is 10.5 Å². The number of hydrazine groups is 1. The Bertz CT molecular complexity index is 334. The minimum atomic E-state index is 0.221. The van der Waals surface area contributed by atoms with E-state index in [1.54, 1.807) is 0 Å². The van der Waals surface area contributed by atoms with Gasteiger partial charge in [-0.25, -0.2) is 0 Å². The molecule has 3 N–H and O–H groups in total. The van der Waals surface area contributed by atoms with Gasteiger partial charge < -0.3 is 4.74 Å². The Morgan fingerprint density at radius 3 is 3.06 bits per heavy atom. The molecule has 0 radical (unpaired) electrons. The molecule has 1 heterocycles. The molecule has 94 valence electrons. The largest absolute Gasteiger partial charge is 0.380 e. The van der Waals surface area contributed by atoms with Gasteiger partial charge in [-0.15, -0.1) is 11.8 Å². The highest BCUT2D eigenvalue weighted by Crippen LogP contribution is 2.38. The number of ether oxygens (including phenoxy) is 1. The Morgan fingerprint density at radius 2 is 2.35 bits per heavy atom. The molecule has 2 rings (SSSR count). The summed E-state index contributed by atoms with van der Waals surface area (Å²) in [5.74, 6) is 5.63. The van der Waals surface area contributed by atoms with Gasteiger partial charge in [0.05, 0.1) is 12.6 Å². The zero-order chi connectivity index (χ0) is 12.1. The van der Waals surface area contributed by atoms with Crippen molar-refractivity contribution in [3.8, 4) is 0 Å². The van der Waals surface area contributed by atoms with E-state index in [2.05, 4.69) is 36.6 Å². The molecule has 0 amide bonds. The highest BCUT2D eigenvalue weighted by molar-refractivity contribution is 8.00. The maximum atomic E-state index is 5.63. The van der Waals surface area contributed by atoms with Crippen molar-refractivity contribution in [1.82, 2.24) is 5.43 Å². The maximum absolute atomic E-state index is 5.63. The molecule has 1 aromatic rings. The standard InChI is InChI=1S/C13H20N2OS/c1-2-7-16-9-11(15-14)13-8-10-5-3-4-6-12(10)17-13/h3-6,11,13,15H,2,7-9,14H2,1H3. The lowest BCUT2D eigenvalue weighted by Gasteiger charge is -2.21. The van der Waals surface area contributed by atoms with Gasteiger partial charge in [0, 0.05) is 16.8 Å². The summed E-state index contributed by atoms with van der Waals surface area (Å²) in [6.45, 7) is 3.61. The van der Waals surface area contributed by atoms with E-state index in [0.717, 1.165) is 19.4 Å². The fraction of sp³-hybridized carbons (Fsp3) is 0.538. The molecule has 0 bridgehead atoms. The van der Waals surface area contributed by atoms with Gasteiger partial charge >= 0.3 is 0 Å². The number of nitrogens with one attached hydrogen (secondary N) is 1. The van der Waals surface area contributed by atoms with Crippen molar-refractivity contribution in [2.24, 2.45) is 5.84 Å². The van der Waals surface area contributed by atoms with Gasteiger partial charge in [0.15, 0.2) is 0 Å². The first-order valence-electron chi connectivity index (χ1n) is 6.13. The number of nitrogens with two attached hydrogens (primary N) is 1. The summed E-state index contributed by atoms with van der Waals surface area (Å²) in [4.78, 5) is 1.38. The average molecular weight is 252 g/mol. The number of benzene rings is 1. The van der Waals surface area contributed by atoms with Crippen molar-refractivity contribution in [3.63, 3.8) is 0 Å². The number of thioether (sulfide) groups is 1. The van der Waals surface area contributed by atoms with E-state index in [0.29, 0.717) is 11.9 Å². The quantitative estimate of drug-likeness (QED) is 0.461. The third-order valence-electron chi connectivity index (χ3n) is 2.98. The van der Waals surface area contributed by atoms with Crippen LogP contribution in [0.5, 0.6) is 0 Å². The van der Waals surface area contributed by atoms with Crippen LogP contribution >= 0.6 is 11.8 Å². The molecule has 0 aromatic heterocycles. The Balaban J connectivity index is 1.91. The zero-order valence-electron chi connectivity index (χ0n) is 10.2. The summed E-state index contributed by atoms with van der Waals surface area (Å²) in [6, 6.07) is 8.79. The second kappa shape index (κ2) is 6.40. The summed E-state index contributed by atoms with van der Waals surface area (Å²) < 4.78 is 5.59. The van der Waals surface area contributed by atoms with E-state index in [9.17, 15) is 0 Å². The van der Waals surface area contributed by atoms with Crippen molar-refractivity contribution in [3.05, 3.63) is 29.8 Å². The van der Waals surface area contributed by atoms with Crippen molar-refractivity contribution < 1.29 is 4.74 Å². The highest BCUT2D eigenvalue weighted by atomic mass is 32.2. The average Bonchev–Trinajstić information content (AvgIpc) is 2.78. The van der Waals surface area contributed by atoms with Crippen LogP contribution in [0.2, 0.25) is 0 Å². The fourth-order valence-electron chi connectivity index (χ4n) is 2.05. The van der Waals surface area contributed by atoms with Crippen molar-refractivity contribution in [2.45, 2.75) is 36.0 Å². The van der Waals surface area contributed by atoms with Crippen LogP contribution in [-0.2, 0) is 11.2 Å². The number of hydrogen-bond acceptors (Lipinski definition) is 4. The first-order valence-corrected chi connectivity index (χ1v) is 7.01. The van der Waals surface area contributed by atoms with Gasteiger partial charge in [-0.05, 0) is 24.5 Å². The monoisotopic (exact) mass is 252 g/mol. The molecule has 4 heteroatoms. The van der Waals surface area contributed by atoms with Crippen LogP contribution in [-0.4, -0.2) is 24.5 Å². The van der Waals surface area contributed by atoms with E-state index in [-0.39, 0.29) is 6.04 Å². The van der Waals surface area contributed by atoms with Crippen LogP contribution in [0, 0.1) is 0 Å². The normalized spacial score (nSPS) is 20.2. The first kappa shape index (κ1) is 12.9. The third kappa shape index (κ3) is 3.22. The van der Waals surface area contributed by atoms with E-state index < -0.39 is 0 Å². The van der Waals surface area contributed by atoms with Crippen LogP contribution in [0.3, 0.4) is 0 Å². The van der Waals surface area contributed by atoms with Crippen LogP contribution in [0.25, 0.3) is 0 Å². The van der Waals surface area contributed by atoms with Crippen LogP contribution in [0.4, 0.5) is 0 Å². The molecule has 0 aliphatic carbocycles. The van der Waals surface area contributed by atoms with E-state index >= 15 is 0 Å². The Labute approximate surface area is 107 Å². The van der Waals surface area contributed by atoms with Gasteiger partial charge in [-0.2, -0.15) is 0 Å². The Morgan fingerprint density at radius 1 is 1.53 bits per heavy atom. The van der Waals surface area contributed by atoms with Gasteiger partial charge in [-0.3, -0.25) is 11.3 Å². The topological polar surface area (TPSA) is 47.3 Å². The molecule has 3 nitrogen and oxygen atoms in total. The highest BCUT2D eigenvalue weighted by Gasteiger charge is 2.28. The molecule has 0 spiro atoms. The Kier molecular flexibility index (Phi) is 4.86. The van der Waals surface area contributed by atoms with Gasteiger partial charge in [0.2, 0.25) is 0 Å². The molecule has 0 saturated heterocycles. The van der Waals surface area contributed by atoms with Crippen LogP contribution < -0.4 is 11.3 Å². The lowest BCUT2D eigenvalue weighted by atomic mass is 10.1. The molecule has 2 unspecified atom stereocenters. The molecule has 17 heavy (non-hydrogen) atoms. The van der Waals surface area contributed by atoms with Crippen molar-refractivity contribution >= 4 is 11.8 Å². The van der Waals surface area contributed by atoms with Gasteiger partial charge in [-0.1, -0.05) is 25.1 Å². The second-order valence-electron chi connectivity index (χ2n) is 4.32. The lowest BCUT2D eigenvalue weighted by molar-refractivity contribution is 0.111. The Hall–Kier alpha value is -0.550. The minimum absolute atomic E-state index is 0.221. The van der Waals surface area contributed by atoms with E-state index in [4.69, 9.17) is 10.6 Å². The molecule has 1 aromatic carbocycles. The minimum Gasteiger partial charge on any atom is -0.380 e. The number of fused-ring (bicyclic) bond motifs is 1. The maximum Gasteiger partial charge on any atom is 0.0644 e. The molecule has 0 saturated carbocycles. The SMILES string of the molecule is CCCOCC(NN)C1Cc2ccccc2S1. The summed E-state index contributed by atoms with van der Waals surface area (Å²) in [7, 11) is 0. The first-order chi connectivity index (χ1) is 8.35. The number of hydrogen-bond donors (Lipinski definition) is 2. The van der Waals surface area contributed by atoms with Crippen LogP contribution in [0.1, 0.15) is 18.9 Å². The van der Waals surface area contributed by atoms with Crippen molar-refractivity contribution in [2.75, 3.05) is 13.2 Å². The fourth-order valence-corrected chi connectivity index (χ4v) is 3.42. The van der Waals surface area contributed by atoms with Gasteiger partial charge in [0.1, 0.15) is 0 Å². The summed E-state index contributed by atoms with van der Waals surface area (Å²) >= 11 is 1.90. The van der Waals surface area contributed by atoms with Crippen molar-refractivity contribution in [1.29, 1.82) is 0 Å². The van der Waals surface area contributed by atoms with Gasteiger partial charge in [0.25, 0.3) is 0 Å². The molecular weight excluding hydrogens is 232 g/mol. The number of rotatable bonds is 6. The summed E-state index contributed by atoms with van der Waals surface area (Å²) in [6.07, 6.45) is 2.13.